The van der Waals surface area contributed by atoms with Crippen molar-refractivity contribution in [2.75, 3.05) is 6.61 Å². The Morgan fingerprint density at radius 2 is 2.17 bits per heavy atom. The minimum atomic E-state index is 0.135. The Morgan fingerprint density at radius 3 is 2.94 bits per heavy atom. The molecule has 1 saturated carbocycles. The first-order valence-corrected chi connectivity index (χ1v) is 7.04. The molecule has 0 spiro atoms. The third-order valence-electron chi connectivity index (χ3n) is 5.08. The summed E-state index contributed by atoms with van der Waals surface area (Å²) in [5.74, 6) is 1.75. The summed E-state index contributed by atoms with van der Waals surface area (Å²) < 4.78 is 0. The van der Waals surface area contributed by atoms with Crippen molar-refractivity contribution in [1.29, 1.82) is 0 Å². The molecule has 0 bridgehead atoms. The largest absolute Gasteiger partial charge is 0.508 e. The monoisotopic (exact) mass is 246 g/mol. The van der Waals surface area contributed by atoms with Crippen molar-refractivity contribution in [3.05, 3.63) is 29.3 Å². The molecular weight excluding hydrogens is 224 g/mol. The molecule has 2 heteroatoms. The van der Waals surface area contributed by atoms with Crippen LogP contribution in [0.15, 0.2) is 18.2 Å². The van der Waals surface area contributed by atoms with Crippen LogP contribution in [0.2, 0.25) is 0 Å². The van der Waals surface area contributed by atoms with Crippen LogP contribution >= 0.6 is 0 Å². The summed E-state index contributed by atoms with van der Waals surface area (Å²) in [6, 6.07) is 5.87. The molecule has 3 rings (SSSR count). The van der Waals surface area contributed by atoms with Gasteiger partial charge in [-0.1, -0.05) is 13.0 Å². The van der Waals surface area contributed by atoms with Crippen molar-refractivity contribution in [3.63, 3.8) is 0 Å². The number of rotatable bonds is 1. The minimum Gasteiger partial charge on any atom is -0.508 e. The van der Waals surface area contributed by atoms with Crippen molar-refractivity contribution in [3.8, 4) is 5.75 Å². The maximum absolute atomic E-state index is 9.57. The van der Waals surface area contributed by atoms with Gasteiger partial charge < -0.3 is 10.2 Å². The van der Waals surface area contributed by atoms with Crippen molar-refractivity contribution in [2.24, 2.45) is 11.3 Å². The summed E-state index contributed by atoms with van der Waals surface area (Å²) in [5.41, 5.74) is 2.92. The van der Waals surface area contributed by atoms with Gasteiger partial charge >= 0.3 is 0 Å². The second-order valence-electron chi connectivity index (χ2n) is 6.50. The fourth-order valence-electron chi connectivity index (χ4n) is 3.98. The number of hydrogen-bond donors (Lipinski definition) is 2. The van der Waals surface area contributed by atoms with Crippen molar-refractivity contribution in [1.82, 2.24) is 0 Å². The molecule has 2 nitrogen and oxygen atoms in total. The second kappa shape index (κ2) is 4.27. The SMILES string of the molecule is CC1(CO)CC[C@@H]2c3ccc(O)cc3CC[C@H]2C1. The first-order valence-electron chi connectivity index (χ1n) is 7.04. The Labute approximate surface area is 109 Å². The molecule has 98 valence electrons. The van der Waals surface area contributed by atoms with Gasteiger partial charge in [-0.25, -0.2) is 0 Å². The predicted molar refractivity (Wildman–Crippen MR) is 71.7 cm³/mol. The van der Waals surface area contributed by atoms with E-state index >= 15 is 0 Å². The number of benzene rings is 1. The topological polar surface area (TPSA) is 40.5 Å². The van der Waals surface area contributed by atoms with E-state index in [0.717, 1.165) is 19.3 Å². The molecule has 0 heterocycles. The van der Waals surface area contributed by atoms with Crippen LogP contribution in [-0.4, -0.2) is 16.8 Å². The summed E-state index contributed by atoms with van der Waals surface area (Å²) in [7, 11) is 0. The van der Waals surface area contributed by atoms with Gasteiger partial charge in [-0.2, -0.15) is 0 Å². The summed E-state index contributed by atoms with van der Waals surface area (Å²) in [5, 5.41) is 19.1. The molecule has 2 aliphatic rings. The van der Waals surface area contributed by atoms with E-state index in [1.165, 1.54) is 24.0 Å². The van der Waals surface area contributed by atoms with Crippen LogP contribution in [0.3, 0.4) is 0 Å². The van der Waals surface area contributed by atoms with Crippen molar-refractivity contribution >= 4 is 0 Å². The number of fused-ring (bicyclic) bond motifs is 3. The number of aliphatic hydroxyl groups is 1. The Morgan fingerprint density at radius 1 is 1.33 bits per heavy atom. The zero-order valence-electron chi connectivity index (χ0n) is 11.0. The lowest BCUT2D eigenvalue weighted by molar-refractivity contribution is 0.0569. The number of phenolic OH excluding ortho intramolecular Hbond substituents is 1. The van der Waals surface area contributed by atoms with Crippen LogP contribution in [0.5, 0.6) is 5.75 Å². The summed E-state index contributed by atoms with van der Waals surface area (Å²) in [4.78, 5) is 0. The highest BCUT2D eigenvalue weighted by atomic mass is 16.3. The molecule has 1 fully saturated rings. The summed E-state index contributed by atoms with van der Waals surface area (Å²) in [6.07, 6.45) is 5.72. The highest BCUT2D eigenvalue weighted by Crippen LogP contribution is 2.51. The lowest BCUT2D eigenvalue weighted by Crippen LogP contribution is -2.35. The van der Waals surface area contributed by atoms with Gasteiger partial charge in [0, 0.05) is 6.61 Å². The van der Waals surface area contributed by atoms with Crippen LogP contribution < -0.4 is 0 Å². The first-order chi connectivity index (χ1) is 8.61. The lowest BCUT2D eigenvalue weighted by atomic mass is 9.61. The average Bonchev–Trinajstić information content (AvgIpc) is 2.38. The minimum absolute atomic E-state index is 0.135. The highest BCUT2D eigenvalue weighted by Gasteiger charge is 2.40. The van der Waals surface area contributed by atoms with Crippen LogP contribution in [-0.2, 0) is 6.42 Å². The van der Waals surface area contributed by atoms with E-state index in [9.17, 15) is 10.2 Å². The maximum Gasteiger partial charge on any atom is 0.115 e. The van der Waals surface area contributed by atoms with E-state index in [1.807, 2.05) is 12.1 Å². The molecule has 0 saturated heterocycles. The molecule has 1 aromatic carbocycles. The molecule has 18 heavy (non-hydrogen) atoms. The summed E-state index contributed by atoms with van der Waals surface area (Å²) in [6.45, 7) is 2.54. The van der Waals surface area contributed by atoms with Crippen molar-refractivity contribution in [2.45, 2.75) is 44.9 Å². The zero-order chi connectivity index (χ0) is 12.8. The van der Waals surface area contributed by atoms with E-state index in [-0.39, 0.29) is 5.41 Å². The number of aliphatic hydroxyl groups excluding tert-OH is 1. The standard InChI is InChI=1S/C16H22O2/c1-16(10-17)7-6-15-12(9-16)3-2-11-8-13(18)4-5-14(11)15/h4-5,8,12,15,17-18H,2-3,6-7,9-10H2,1H3/t12-,15-,16?/m0/s1. The van der Waals surface area contributed by atoms with Crippen LogP contribution in [0.4, 0.5) is 0 Å². The highest BCUT2D eigenvalue weighted by molar-refractivity contribution is 5.39. The van der Waals surface area contributed by atoms with Crippen molar-refractivity contribution < 1.29 is 10.2 Å². The smallest absolute Gasteiger partial charge is 0.115 e. The lowest BCUT2D eigenvalue weighted by Gasteiger charge is -2.45. The molecule has 3 atom stereocenters. The normalized spacial score (nSPS) is 34.8. The molecule has 2 aliphatic carbocycles. The Bertz CT molecular complexity index is 454. The number of phenols is 1. The Hall–Kier alpha value is -1.02. The molecule has 2 N–H and O–H groups in total. The zero-order valence-corrected chi connectivity index (χ0v) is 11.0. The molecule has 1 unspecified atom stereocenters. The molecular formula is C16H22O2. The van der Waals surface area contributed by atoms with Gasteiger partial charge in [-0.15, -0.1) is 0 Å². The molecule has 0 amide bonds. The third kappa shape index (κ3) is 1.93. The fraction of sp³-hybridized carbons (Fsp3) is 0.625. The Kier molecular flexibility index (Phi) is 2.86. The molecule has 0 aliphatic heterocycles. The first kappa shape index (κ1) is 12.0. The van der Waals surface area contributed by atoms with Crippen LogP contribution in [0.25, 0.3) is 0 Å². The van der Waals surface area contributed by atoms with Gasteiger partial charge in [0.15, 0.2) is 0 Å². The maximum atomic E-state index is 9.57. The molecule has 1 aromatic rings. The average molecular weight is 246 g/mol. The van der Waals surface area contributed by atoms with E-state index < -0.39 is 0 Å². The van der Waals surface area contributed by atoms with E-state index in [4.69, 9.17) is 0 Å². The Balaban J connectivity index is 1.89. The van der Waals surface area contributed by atoms with E-state index in [1.54, 1.807) is 0 Å². The van der Waals surface area contributed by atoms with Gasteiger partial charge in [0.1, 0.15) is 5.75 Å². The number of aryl methyl sites for hydroxylation is 1. The predicted octanol–water partition coefficient (Wildman–Crippen LogP) is 3.22. The molecule has 0 radical (unpaired) electrons. The van der Waals surface area contributed by atoms with Gasteiger partial charge in [0.2, 0.25) is 0 Å². The second-order valence-corrected chi connectivity index (χ2v) is 6.50. The van der Waals surface area contributed by atoms with Gasteiger partial charge in [0.05, 0.1) is 0 Å². The van der Waals surface area contributed by atoms with E-state index in [2.05, 4.69) is 13.0 Å². The van der Waals surface area contributed by atoms with Gasteiger partial charge in [0.25, 0.3) is 0 Å². The summed E-state index contributed by atoms with van der Waals surface area (Å²) >= 11 is 0. The number of hydrogen-bond acceptors (Lipinski definition) is 2. The van der Waals surface area contributed by atoms with E-state index in [0.29, 0.717) is 24.2 Å². The molecule has 0 aromatic heterocycles. The number of aromatic hydroxyl groups is 1. The van der Waals surface area contributed by atoms with Gasteiger partial charge in [-0.3, -0.25) is 0 Å². The fourth-order valence-corrected chi connectivity index (χ4v) is 3.98. The third-order valence-corrected chi connectivity index (χ3v) is 5.08. The van der Waals surface area contributed by atoms with Gasteiger partial charge in [-0.05, 0) is 72.6 Å². The van der Waals surface area contributed by atoms with Crippen LogP contribution in [0, 0.1) is 11.3 Å². The quantitative estimate of drug-likeness (QED) is 0.798. The van der Waals surface area contributed by atoms with Crippen LogP contribution in [0.1, 0.15) is 49.7 Å².